The van der Waals surface area contributed by atoms with E-state index in [1.807, 2.05) is 6.92 Å². The highest BCUT2D eigenvalue weighted by Gasteiger charge is 2.31. The van der Waals surface area contributed by atoms with E-state index in [2.05, 4.69) is 10.2 Å². The number of carboxylic acid groups (broad SMARTS) is 1. The summed E-state index contributed by atoms with van der Waals surface area (Å²) in [4.78, 5) is 26.8. The third-order valence-electron chi connectivity index (χ3n) is 3.93. The first kappa shape index (κ1) is 14.1. The third kappa shape index (κ3) is 3.83. The molecule has 2 fully saturated rings. The van der Waals surface area contributed by atoms with Crippen LogP contribution in [0.15, 0.2) is 0 Å². The number of aliphatic carboxylic acids is 1. The summed E-state index contributed by atoms with van der Waals surface area (Å²) < 4.78 is 0. The molecule has 2 saturated heterocycles. The molecule has 2 heterocycles. The molecular formula is C13H23N3O3. The fourth-order valence-electron chi connectivity index (χ4n) is 2.85. The Hall–Kier alpha value is -1.30. The summed E-state index contributed by atoms with van der Waals surface area (Å²) >= 11 is 0. The van der Waals surface area contributed by atoms with Crippen molar-refractivity contribution in [3.63, 3.8) is 0 Å². The first-order valence-electron chi connectivity index (χ1n) is 7.07. The van der Waals surface area contributed by atoms with Gasteiger partial charge in [-0.1, -0.05) is 0 Å². The largest absolute Gasteiger partial charge is 0.481 e. The minimum absolute atomic E-state index is 0.106. The molecule has 0 aliphatic carbocycles. The zero-order valence-corrected chi connectivity index (χ0v) is 11.5. The molecule has 6 heteroatoms. The summed E-state index contributed by atoms with van der Waals surface area (Å²) in [6.07, 6.45) is 3.05. The Kier molecular flexibility index (Phi) is 4.63. The van der Waals surface area contributed by atoms with Gasteiger partial charge in [-0.2, -0.15) is 0 Å². The van der Waals surface area contributed by atoms with Crippen molar-refractivity contribution in [3.8, 4) is 0 Å². The van der Waals surface area contributed by atoms with Crippen LogP contribution in [0.5, 0.6) is 0 Å². The minimum Gasteiger partial charge on any atom is -0.481 e. The number of nitrogens with zero attached hydrogens (tertiary/aromatic N) is 2. The molecular weight excluding hydrogens is 246 g/mol. The minimum atomic E-state index is -0.805. The van der Waals surface area contributed by atoms with Crippen molar-refractivity contribution >= 4 is 12.0 Å². The van der Waals surface area contributed by atoms with Crippen LogP contribution >= 0.6 is 0 Å². The molecule has 2 N–H and O–H groups in total. The van der Waals surface area contributed by atoms with E-state index in [1.54, 1.807) is 4.90 Å². The highest BCUT2D eigenvalue weighted by atomic mass is 16.4. The normalized spacial score (nSPS) is 25.5. The number of carbonyl (C=O) groups excluding carboxylic acids is 1. The molecule has 6 nitrogen and oxygen atoms in total. The Morgan fingerprint density at radius 3 is 2.58 bits per heavy atom. The molecule has 19 heavy (non-hydrogen) atoms. The number of amides is 2. The lowest BCUT2D eigenvalue weighted by Gasteiger charge is -2.24. The summed E-state index contributed by atoms with van der Waals surface area (Å²) in [5.74, 6) is -1.21. The van der Waals surface area contributed by atoms with Crippen molar-refractivity contribution < 1.29 is 14.7 Å². The molecule has 2 rings (SSSR count). The predicted molar refractivity (Wildman–Crippen MR) is 71.0 cm³/mol. The lowest BCUT2D eigenvalue weighted by Crippen LogP contribution is -2.47. The van der Waals surface area contributed by atoms with E-state index in [-0.39, 0.29) is 12.1 Å². The lowest BCUT2D eigenvalue weighted by molar-refractivity contribution is -0.141. The Morgan fingerprint density at radius 1 is 1.32 bits per heavy atom. The number of carboxylic acids is 1. The summed E-state index contributed by atoms with van der Waals surface area (Å²) in [5.41, 5.74) is 0. The van der Waals surface area contributed by atoms with Crippen LogP contribution in [0.1, 0.15) is 26.2 Å². The number of rotatable bonds is 4. The first-order chi connectivity index (χ1) is 9.06. The SMILES string of the molecule is CC(CN1CCCC1)NC(=O)N1CCC(C(=O)O)C1. The van der Waals surface area contributed by atoms with Crippen LogP contribution < -0.4 is 5.32 Å². The number of carbonyl (C=O) groups is 2. The molecule has 0 radical (unpaired) electrons. The second-order valence-corrected chi connectivity index (χ2v) is 5.63. The molecule has 0 bridgehead atoms. The van der Waals surface area contributed by atoms with Gasteiger partial charge in [0.2, 0.25) is 0 Å². The third-order valence-corrected chi connectivity index (χ3v) is 3.93. The molecule has 2 aliphatic heterocycles. The number of likely N-dealkylation sites (tertiary alicyclic amines) is 2. The number of hydrogen-bond donors (Lipinski definition) is 2. The van der Waals surface area contributed by atoms with Crippen molar-refractivity contribution in [2.75, 3.05) is 32.7 Å². The summed E-state index contributed by atoms with van der Waals surface area (Å²) in [6, 6.07) is -0.0232. The van der Waals surface area contributed by atoms with Crippen LogP contribution in [0.2, 0.25) is 0 Å². The van der Waals surface area contributed by atoms with E-state index in [0.29, 0.717) is 19.5 Å². The van der Waals surface area contributed by atoms with Crippen molar-refractivity contribution in [2.45, 2.75) is 32.2 Å². The van der Waals surface area contributed by atoms with Crippen molar-refractivity contribution in [3.05, 3.63) is 0 Å². The van der Waals surface area contributed by atoms with Crippen molar-refractivity contribution in [2.24, 2.45) is 5.92 Å². The van der Waals surface area contributed by atoms with Gasteiger partial charge in [-0.25, -0.2) is 4.79 Å². The summed E-state index contributed by atoms with van der Waals surface area (Å²) in [7, 11) is 0. The van der Waals surface area contributed by atoms with Crippen molar-refractivity contribution in [1.29, 1.82) is 0 Å². The van der Waals surface area contributed by atoms with Gasteiger partial charge in [-0.15, -0.1) is 0 Å². The number of nitrogens with one attached hydrogen (secondary N) is 1. The monoisotopic (exact) mass is 269 g/mol. The Bertz CT molecular complexity index is 342. The summed E-state index contributed by atoms with van der Waals surface area (Å²) in [5, 5.41) is 11.9. The van der Waals surface area contributed by atoms with E-state index >= 15 is 0 Å². The maximum Gasteiger partial charge on any atom is 0.317 e. The van der Waals surface area contributed by atoms with Gasteiger partial charge < -0.3 is 20.2 Å². The molecule has 0 saturated carbocycles. The number of hydrogen-bond acceptors (Lipinski definition) is 3. The van der Waals surface area contributed by atoms with E-state index in [1.165, 1.54) is 12.8 Å². The molecule has 0 aromatic heterocycles. The quantitative estimate of drug-likeness (QED) is 0.783. The fourth-order valence-corrected chi connectivity index (χ4v) is 2.85. The van der Waals surface area contributed by atoms with Gasteiger partial charge in [-0.3, -0.25) is 4.79 Å². The molecule has 2 aliphatic rings. The smallest absolute Gasteiger partial charge is 0.317 e. The number of urea groups is 1. The maximum absolute atomic E-state index is 12.0. The second-order valence-electron chi connectivity index (χ2n) is 5.63. The Labute approximate surface area is 113 Å². The maximum atomic E-state index is 12.0. The van der Waals surface area contributed by atoms with Gasteiger partial charge in [0.1, 0.15) is 0 Å². The van der Waals surface area contributed by atoms with Crippen LogP contribution in [0.25, 0.3) is 0 Å². The van der Waals surface area contributed by atoms with E-state index in [4.69, 9.17) is 5.11 Å². The van der Waals surface area contributed by atoms with Gasteiger partial charge >= 0.3 is 12.0 Å². The fraction of sp³-hybridized carbons (Fsp3) is 0.846. The van der Waals surface area contributed by atoms with Gasteiger partial charge in [0.05, 0.1) is 5.92 Å². The first-order valence-corrected chi connectivity index (χ1v) is 7.07. The van der Waals surface area contributed by atoms with E-state index in [0.717, 1.165) is 19.6 Å². The standard InChI is InChI=1S/C13H23N3O3/c1-10(8-15-5-2-3-6-15)14-13(19)16-7-4-11(9-16)12(17)18/h10-11H,2-9H2,1H3,(H,14,19)(H,17,18). The van der Waals surface area contributed by atoms with Crippen LogP contribution in [0.4, 0.5) is 4.79 Å². The summed E-state index contributed by atoms with van der Waals surface area (Å²) in [6.45, 7) is 5.98. The van der Waals surface area contributed by atoms with Crippen LogP contribution in [-0.4, -0.2) is 65.7 Å². The van der Waals surface area contributed by atoms with Crippen molar-refractivity contribution in [1.82, 2.24) is 15.1 Å². The van der Waals surface area contributed by atoms with Crippen LogP contribution in [0.3, 0.4) is 0 Å². The average Bonchev–Trinajstić information content (AvgIpc) is 2.98. The average molecular weight is 269 g/mol. The molecule has 0 spiro atoms. The molecule has 0 aromatic rings. The molecule has 2 atom stereocenters. The van der Waals surface area contributed by atoms with Gasteiger partial charge in [-0.05, 0) is 39.3 Å². The molecule has 2 amide bonds. The highest BCUT2D eigenvalue weighted by molar-refractivity contribution is 5.77. The molecule has 108 valence electrons. The van der Waals surface area contributed by atoms with E-state index < -0.39 is 11.9 Å². The topological polar surface area (TPSA) is 72.9 Å². The highest BCUT2D eigenvalue weighted by Crippen LogP contribution is 2.16. The molecule has 0 aromatic carbocycles. The van der Waals surface area contributed by atoms with Gasteiger partial charge in [0, 0.05) is 25.7 Å². The lowest BCUT2D eigenvalue weighted by atomic mass is 10.1. The van der Waals surface area contributed by atoms with Crippen LogP contribution in [-0.2, 0) is 4.79 Å². The Balaban J connectivity index is 1.73. The zero-order valence-electron chi connectivity index (χ0n) is 11.5. The van der Waals surface area contributed by atoms with Crippen LogP contribution in [0, 0.1) is 5.92 Å². The second kappa shape index (κ2) is 6.23. The van der Waals surface area contributed by atoms with E-state index in [9.17, 15) is 9.59 Å². The molecule has 2 unspecified atom stereocenters. The van der Waals surface area contributed by atoms with Gasteiger partial charge in [0.25, 0.3) is 0 Å². The Morgan fingerprint density at radius 2 is 2.00 bits per heavy atom. The predicted octanol–water partition coefficient (Wildman–Crippen LogP) is 0.587. The van der Waals surface area contributed by atoms with Gasteiger partial charge in [0.15, 0.2) is 0 Å². The zero-order chi connectivity index (χ0) is 13.8.